The number of carboxylic acid groups (broad SMARTS) is 1. The first-order valence-corrected chi connectivity index (χ1v) is 7.47. The lowest BCUT2D eigenvalue weighted by molar-refractivity contribution is -0.142. The number of amides is 1. The molecule has 0 aromatic heterocycles. The Balaban J connectivity index is 2.04. The standard InChI is InChI=1S/C17H23NO3/c1-10-7-11(2)14(12(3)8-10)9-16(19)18-15-6-4-5-13(15)17(20)21/h7-8,13,15H,4-6,9H2,1-3H3,(H,18,19)(H,20,21)/t13-,15+/m0/s1. The number of rotatable bonds is 4. The highest BCUT2D eigenvalue weighted by atomic mass is 16.4. The number of aliphatic carboxylic acids is 1. The largest absolute Gasteiger partial charge is 0.481 e. The van der Waals surface area contributed by atoms with Gasteiger partial charge in [0, 0.05) is 6.04 Å². The van der Waals surface area contributed by atoms with Crippen molar-refractivity contribution in [2.24, 2.45) is 5.92 Å². The van der Waals surface area contributed by atoms with E-state index in [4.69, 9.17) is 5.11 Å². The number of aryl methyl sites for hydroxylation is 3. The first-order valence-electron chi connectivity index (χ1n) is 7.47. The fraction of sp³-hybridized carbons (Fsp3) is 0.529. The van der Waals surface area contributed by atoms with Crippen molar-refractivity contribution in [1.82, 2.24) is 5.32 Å². The van der Waals surface area contributed by atoms with Gasteiger partial charge < -0.3 is 10.4 Å². The van der Waals surface area contributed by atoms with Crippen LogP contribution in [-0.2, 0) is 16.0 Å². The average Bonchev–Trinajstić information content (AvgIpc) is 2.82. The van der Waals surface area contributed by atoms with E-state index in [-0.39, 0.29) is 11.9 Å². The normalized spacial score (nSPS) is 21.3. The topological polar surface area (TPSA) is 66.4 Å². The van der Waals surface area contributed by atoms with Crippen molar-refractivity contribution in [3.8, 4) is 0 Å². The number of carbonyl (C=O) groups excluding carboxylic acids is 1. The Hall–Kier alpha value is -1.84. The minimum absolute atomic E-state index is 0.0804. The molecule has 0 bridgehead atoms. The molecule has 2 atom stereocenters. The summed E-state index contributed by atoms with van der Waals surface area (Å²) in [5, 5.41) is 12.1. The second kappa shape index (κ2) is 6.29. The Morgan fingerprint density at radius 3 is 2.38 bits per heavy atom. The summed E-state index contributed by atoms with van der Waals surface area (Å²) in [6, 6.07) is 3.93. The van der Waals surface area contributed by atoms with E-state index in [1.807, 2.05) is 20.8 Å². The van der Waals surface area contributed by atoms with E-state index in [0.717, 1.165) is 29.5 Å². The fourth-order valence-corrected chi connectivity index (χ4v) is 3.34. The van der Waals surface area contributed by atoms with E-state index in [1.54, 1.807) is 0 Å². The highest BCUT2D eigenvalue weighted by molar-refractivity contribution is 5.81. The smallest absolute Gasteiger partial charge is 0.308 e. The highest BCUT2D eigenvalue weighted by Crippen LogP contribution is 2.26. The lowest BCUT2D eigenvalue weighted by atomic mass is 9.96. The molecule has 1 saturated carbocycles. The lowest BCUT2D eigenvalue weighted by Crippen LogP contribution is -2.41. The molecule has 0 radical (unpaired) electrons. The van der Waals surface area contributed by atoms with E-state index in [9.17, 15) is 9.59 Å². The molecule has 4 heteroatoms. The summed E-state index contributed by atoms with van der Waals surface area (Å²) in [5.74, 6) is -1.32. The lowest BCUT2D eigenvalue weighted by Gasteiger charge is -2.18. The van der Waals surface area contributed by atoms with Crippen LogP contribution >= 0.6 is 0 Å². The van der Waals surface area contributed by atoms with Gasteiger partial charge in [-0.2, -0.15) is 0 Å². The second-order valence-corrected chi connectivity index (χ2v) is 6.10. The predicted molar refractivity (Wildman–Crippen MR) is 81.3 cm³/mol. The third kappa shape index (κ3) is 3.63. The molecule has 114 valence electrons. The second-order valence-electron chi connectivity index (χ2n) is 6.10. The van der Waals surface area contributed by atoms with E-state index >= 15 is 0 Å². The van der Waals surface area contributed by atoms with Gasteiger partial charge in [0.05, 0.1) is 12.3 Å². The summed E-state index contributed by atoms with van der Waals surface area (Å²) in [5.41, 5.74) is 4.46. The molecule has 0 spiro atoms. The van der Waals surface area contributed by atoms with Crippen LogP contribution in [0.2, 0.25) is 0 Å². The molecule has 1 amide bonds. The van der Waals surface area contributed by atoms with Gasteiger partial charge >= 0.3 is 5.97 Å². The maximum Gasteiger partial charge on any atom is 0.308 e. The van der Waals surface area contributed by atoms with Crippen molar-refractivity contribution in [2.45, 2.75) is 52.5 Å². The number of hydrogen-bond acceptors (Lipinski definition) is 2. The Morgan fingerprint density at radius 1 is 1.19 bits per heavy atom. The molecule has 4 nitrogen and oxygen atoms in total. The monoisotopic (exact) mass is 289 g/mol. The van der Waals surface area contributed by atoms with Crippen LogP contribution in [0.25, 0.3) is 0 Å². The maximum atomic E-state index is 12.2. The Labute approximate surface area is 125 Å². The first-order chi connectivity index (χ1) is 9.88. The molecule has 2 N–H and O–H groups in total. The average molecular weight is 289 g/mol. The van der Waals surface area contributed by atoms with Gasteiger partial charge in [0.1, 0.15) is 0 Å². The van der Waals surface area contributed by atoms with Crippen molar-refractivity contribution in [2.75, 3.05) is 0 Å². The fourth-order valence-electron chi connectivity index (χ4n) is 3.34. The molecule has 0 aliphatic heterocycles. The zero-order chi connectivity index (χ0) is 15.6. The van der Waals surface area contributed by atoms with Gasteiger partial charge in [-0.1, -0.05) is 24.1 Å². The van der Waals surface area contributed by atoms with Crippen molar-refractivity contribution < 1.29 is 14.7 Å². The van der Waals surface area contributed by atoms with Crippen LogP contribution in [0.4, 0.5) is 0 Å². The number of carbonyl (C=O) groups is 2. The molecular weight excluding hydrogens is 266 g/mol. The van der Waals surface area contributed by atoms with Crippen LogP contribution in [0.1, 0.15) is 41.5 Å². The maximum absolute atomic E-state index is 12.2. The SMILES string of the molecule is Cc1cc(C)c(CC(=O)N[C@@H]2CCC[C@@H]2C(=O)O)c(C)c1. The van der Waals surface area contributed by atoms with Crippen LogP contribution in [0, 0.1) is 26.7 Å². The Morgan fingerprint density at radius 2 is 1.81 bits per heavy atom. The van der Waals surface area contributed by atoms with Gasteiger partial charge in [-0.05, 0) is 50.3 Å². The van der Waals surface area contributed by atoms with Gasteiger partial charge in [-0.25, -0.2) is 0 Å². The number of nitrogens with one attached hydrogen (secondary N) is 1. The first kappa shape index (κ1) is 15.5. The molecule has 0 heterocycles. The summed E-state index contributed by atoms with van der Waals surface area (Å²) in [4.78, 5) is 23.4. The van der Waals surface area contributed by atoms with Crippen LogP contribution in [0.3, 0.4) is 0 Å². The molecular formula is C17H23NO3. The molecule has 0 saturated heterocycles. The van der Waals surface area contributed by atoms with E-state index < -0.39 is 11.9 Å². The van der Waals surface area contributed by atoms with Crippen LogP contribution in [0.5, 0.6) is 0 Å². The van der Waals surface area contributed by atoms with Gasteiger partial charge in [-0.3, -0.25) is 9.59 Å². The Kier molecular flexibility index (Phi) is 4.66. The highest BCUT2D eigenvalue weighted by Gasteiger charge is 2.33. The van der Waals surface area contributed by atoms with Crippen molar-refractivity contribution in [3.05, 3.63) is 34.4 Å². The van der Waals surface area contributed by atoms with Gasteiger partial charge in [0.15, 0.2) is 0 Å². The minimum atomic E-state index is -0.805. The van der Waals surface area contributed by atoms with E-state index in [1.165, 1.54) is 5.56 Å². The third-order valence-electron chi connectivity index (χ3n) is 4.36. The van der Waals surface area contributed by atoms with E-state index in [2.05, 4.69) is 17.4 Å². The number of hydrogen-bond donors (Lipinski definition) is 2. The van der Waals surface area contributed by atoms with Crippen molar-refractivity contribution in [1.29, 1.82) is 0 Å². The summed E-state index contributed by atoms with van der Waals surface area (Å²) in [6.45, 7) is 6.07. The molecule has 1 aromatic carbocycles. The van der Waals surface area contributed by atoms with Crippen LogP contribution in [-0.4, -0.2) is 23.0 Å². The Bertz CT molecular complexity index is 542. The van der Waals surface area contributed by atoms with Crippen LogP contribution < -0.4 is 5.32 Å². The van der Waals surface area contributed by atoms with Gasteiger partial charge in [-0.15, -0.1) is 0 Å². The summed E-state index contributed by atoms with van der Waals surface area (Å²) in [6.07, 6.45) is 2.60. The molecule has 0 unspecified atom stereocenters. The van der Waals surface area contributed by atoms with E-state index in [0.29, 0.717) is 12.8 Å². The number of benzene rings is 1. The quantitative estimate of drug-likeness (QED) is 0.895. The zero-order valence-electron chi connectivity index (χ0n) is 12.9. The molecule has 1 fully saturated rings. The molecule has 1 aromatic rings. The summed E-state index contributed by atoms with van der Waals surface area (Å²) in [7, 11) is 0. The van der Waals surface area contributed by atoms with Gasteiger partial charge in [0.25, 0.3) is 0 Å². The van der Waals surface area contributed by atoms with Gasteiger partial charge in [0.2, 0.25) is 5.91 Å². The molecule has 1 aliphatic rings. The molecule has 2 rings (SSSR count). The number of carboxylic acids is 1. The van der Waals surface area contributed by atoms with Crippen molar-refractivity contribution in [3.63, 3.8) is 0 Å². The van der Waals surface area contributed by atoms with Crippen LogP contribution in [0.15, 0.2) is 12.1 Å². The molecule has 1 aliphatic carbocycles. The summed E-state index contributed by atoms with van der Waals surface area (Å²) >= 11 is 0. The minimum Gasteiger partial charge on any atom is -0.481 e. The predicted octanol–water partition coefficient (Wildman–Crippen LogP) is 2.52. The summed E-state index contributed by atoms with van der Waals surface area (Å²) < 4.78 is 0. The molecule has 21 heavy (non-hydrogen) atoms. The zero-order valence-corrected chi connectivity index (χ0v) is 12.9. The van der Waals surface area contributed by atoms with Crippen molar-refractivity contribution >= 4 is 11.9 Å². The third-order valence-corrected chi connectivity index (χ3v) is 4.36.